The van der Waals surface area contributed by atoms with E-state index in [0.29, 0.717) is 24.3 Å². The molecule has 0 aliphatic carbocycles. The number of benzene rings is 1. The molecule has 1 atom stereocenters. The predicted molar refractivity (Wildman–Crippen MR) is 114 cm³/mol. The summed E-state index contributed by atoms with van der Waals surface area (Å²) in [6, 6.07) is 7.57. The number of likely N-dealkylation sites (tertiary alicyclic amines) is 1. The molecule has 3 heterocycles. The van der Waals surface area contributed by atoms with Crippen LogP contribution in [0.1, 0.15) is 30.0 Å². The number of anilines is 1. The van der Waals surface area contributed by atoms with E-state index in [9.17, 15) is 14.0 Å². The second kappa shape index (κ2) is 8.22. The number of hydrogen-bond donors (Lipinski definition) is 1. The molecule has 1 fully saturated rings. The van der Waals surface area contributed by atoms with E-state index in [-0.39, 0.29) is 29.6 Å². The number of amides is 1. The van der Waals surface area contributed by atoms with Crippen LogP contribution in [0, 0.1) is 17.1 Å². The van der Waals surface area contributed by atoms with Crippen LogP contribution in [0.5, 0.6) is 0 Å². The lowest BCUT2D eigenvalue weighted by Crippen LogP contribution is -2.43. The molecular weight excluding hydrogens is 399 g/mol. The summed E-state index contributed by atoms with van der Waals surface area (Å²) in [4.78, 5) is 32.0. The van der Waals surface area contributed by atoms with Crippen molar-refractivity contribution in [1.29, 1.82) is 5.26 Å². The molecule has 31 heavy (non-hydrogen) atoms. The Balaban J connectivity index is 1.60. The average molecular weight is 422 g/mol. The fourth-order valence-electron chi connectivity index (χ4n) is 4.22. The molecule has 0 spiro atoms. The molecule has 2 aromatic heterocycles. The molecule has 4 rings (SSSR count). The smallest absolute Gasteiger partial charge is 0.330 e. The molecule has 1 N–H and O–H groups in total. The third kappa shape index (κ3) is 3.89. The zero-order valence-electron chi connectivity index (χ0n) is 17.4. The molecular formula is C22H23FN6O2. The predicted octanol–water partition coefficient (Wildman–Crippen LogP) is 2.19. The zero-order chi connectivity index (χ0) is 22.1. The maximum Gasteiger partial charge on any atom is 0.330 e. The van der Waals surface area contributed by atoms with Crippen molar-refractivity contribution >= 4 is 22.8 Å². The minimum Gasteiger partial charge on any atom is -0.387 e. The van der Waals surface area contributed by atoms with Gasteiger partial charge in [0.1, 0.15) is 5.82 Å². The number of rotatable bonds is 4. The number of nitrogens with one attached hydrogen (secondary N) is 1. The first-order chi connectivity index (χ1) is 14.9. The van der Waals surface area contributed by atoms with Crippen LogP contribution in [-0.4, -0.2) is 45.1 Å². The van der Waals surface area contributed by atoms with Gasteiger partial charge in [0.25, 0.3) is 0 Å². The number of carbonyl (C=O) groups excluding carboxylic acids is 1. The third-order valence-electron chi connectivity index (χ3n) is 5.76. The molecule has 160 valence electrons. The topological polar surface area (TPSA) is 96.0 Å². The van der Waals surface area contributed by atoms with E-state index in [0.717, 1.165) is 30.1 Å². The van der Waals surface area contributed by atoms with Gasteiger partial charge < -0.3 is 10.2 Å². The van der Waals surface area contributed by atoms with Crippen molar-refractivity contribution in [3.63, 3.8) is 0 Å². The molecule has 1 aromatic carbocycles. The number of aromatic nitrogens is 3. The van der Waals surface area contributed by atoms with Crippen molar-refractivity contribution < 1.29 is 9.18 Å². The summed E-state index contributed by atoms with van der Waals surface area (Å²) in [5, 5.41) is 12.1. The summed E-state index contributed by atoms with van der Waals surface area (Å²) in [6.45, 7) is 0.970. The van der Waals surface area contributed by atoms with Gasteiger partial charge in [-0.25, -0.2) is 14.2 Å². The standard InChI is InChI=1S/C22H23FN6O2/c1-25-17-10-19-21(26-12-17)27(2)22(31)29(19)18-4-3-5-28(13-18)20(30)9-14-6-15(11-24)8-16(23)7-14/h6-8,10,12,18,25H,3-5,9,13H2,1-2H3/t18-/m0/s1. The SMILES string of the molecule is CNc1cnc2c(c1)n([C@H]1CCCN(C(=O)Cc3cc(F)cc(C#N)c3)C1)c(=O)n2C. The Hall–Kier alpha value is -3.67. The van der Waals surface area contributed by atoms with Crippen LogP contribution in [0.15, 0.2) is 35.3 Å². The highest BCUT2D eigenvalue weighted by molar-refractivity contribution is 5.79. The molecule has 9 heteroatoms. The molecule has 8 nitrogen and oxygen atoms in total. The fourth-order valence-corrected chi connectivity index (χ4v) is 4.22. The monoisotopic (exact) mass is 422 g/mol. The second-order valence-electron chi connectivity index (χ2n) is 7.80. The van der Waals surface area contributed by atoms with Gasteiger partial charge in [0.05, 0.1) is 41.5 Å². The fraction of sp³-hybridized carbons (Fsp3) is 0.364. The van der Waals surface area contributed by atoms with Crippen molar-refractivity contribution in [2.75, 3.05) is 25.5 Å². The van der Waals surface area contributed by atoms with Gasteiger partial charge in [-0.1, -0.05) is 0 Å². The van der Waals surface area contributed by atoms with Crippen LogP contribution in [0.3, 0.4) is 0 Å². The highest BCUT2D eigenvalue weighted by atomic mass is 19.1. The van der Waals surface area contributed by atoms with E-state index in [1.807, 2.05) is 12.1 Å². The van der Waals surface area contributed by atoms with Crippen LogP contribution in [-0.2, 0) is 18.3 Å². The summed E-state index contributed by atoms with van der Waals surface area (Å²) < 4.78 is 17.0. The van der Waals surface area contributed by atoms with Gasteiger partial charge >= 0.3 is 5.69 Å². The summed E-state index contributed by atoms with van der Waals surface area (Å²) in [7, 11) is 3.48. The highest BCUT2D eigenvalue weighted by Gasteiger charge is 2.28. The lowest BCUT2D eigenvalue weighted by molar-refractivity contribution is -0.132. The van der Waals surface area contributed by atoms with Crippen molar-refractivity contribution in [3.05, 3.63) is 57.9 Å². The Morgan fingerprint density at radius 2 is 2.16 bits per heavy atom. The molecule has 1 aliphatic heterocycles. The molecule has 0 unspecified atom stereocenters. The first kappa shape index (κ1) is 20.6. The number of nitriles is 1. The lowest BCUT2D eigenvalue weighted by atomic mass is 10.0. The number of carbonyl (C=O) groups is 1. The van der Waals surface area contributed by atoms with Crippen LogP contribution in [0.25, 0.3) is 11.2 Å². The average Bonchev–Trinajstić information content (AvgIpc) is 3.02. The van der Waals surface area contributed by atoms with E-state index < -0.39 is 5.82 Å². The van der Waals surface area contributed by atoms with Gasteiger partial charge in [-0.15, -0.1) is 0 Å². The number of aryl methyl sites for hydroxylation is 1. The van der Waals surface area contributed by atoms with Gasteiger partial charge in [0.15, 0.2) is 5.65 Å². The van der Waals surface area contributed by atoms with Crippen molar-refractivity contribution in [2.45, 2.75) is 25.3 Å². The number of nitrogens with zero attached hydrogens (tertiary/aromatic N) is 5. The van der Waals surface area contributed by atoms with E-state index >= 15 is 0 Å². The number of piperidine rings is 1. The highest BCUT2D eigenvalue weighted by Crippen LogP contribution is 2.26. The van der Waals surface area contributed by atoms with Gasteiger partial charge in [-0.3, -0.25) is 13.9 Å². The molecule has 3 aromatic rings. The lowest BCUT2D eigenvalue weighted by Gasteiger charge is -2.33. The Morgan fingerprint density at radius 3 is 2.90 bits per heavy atom. The molecule has 1 aliphatic rings. The van der Waals surface area contributed by atoms with Gasteiger partial charge in [0.2, 0.25) is 5.91 Å². The van der Waals surface area contributed by atoms with Gasteiger partial charge in [-0.05, 0) is 42.7 Å². The van der Waals surface area contributed by atoms with E-state index in [1.54, 1.807) is 29.8 Å². The second-order valence-corrected chi connectivity index (χ2v) is 7.80. The van der Waals surface area contributed by atoms with Crippen LogP contribution < -0.4 is 11.0 Å². The van der Waals surface area contributed by atoms with Crippen molar-refractivity contribution in [1.82, 2.24) is 19.0 Å². The van der Waals surface area contributed by atoms with E-state index in [4.69, 9.17) is 5.26 Å². The maximum absolute atomic E-state index is 13.7. The third-order valence-corrected chi connectivity index (χ3v) is 5.76. The van der Waals surface area contributed by atoms with E-state index in [2.05, 4.69) is 10.3 Å². The Labute approximate surface area is 178 Å². The van der Waals surface area contributed by atoms with Crippen LogP contribution in [0.2, 0.25) is 0 Å². The molecule has 0 saturated carbocycles. The maximum atomic E-state index is 13.7. The van der Waals surface area contributed by atoms with Gasteiger partial charge in [0, 0.05) is 27.2 Å². The number of hydrogen-bond acceptors (Lipinski definition) is 5. The van der Waals surface area contributed by atoms with Crippen molar-refractivity contribution in [3.8, 4) is 6.07 Å². The Kier molecular flexibility index (Phi) is 5.46. The number of halogens is 1. The Bertz CT molecular complexity index is 1260. The number of fused-ring (bicyclic) bond motifs is 1. The quantitative estimate of drug-likeness (QED) is 0.695. The zero-order valence-corrected chi connectivity index (χ0v) is 17.4. The van der Waals surface area contributed by atoms with Crippen LogP contribution >= 0.6 is 0 Å². The summed E-state index contributed by atoms with van der Waals surface area (Å²) in [6.07, 6.45) is 3.21. The number of imidazole rings is 1. The van der Waals surface area contributed by atoms with Gasteiger partial charge in [-0.2, -0.15) is 5.26 Å². The Morgan fingerprint density at radius 1 is 1.35 bits per heavy atom. The summed E-state index contributed by atoms with van der Waals surface area (Å²) in [5.74, 6) is -0.685. The number of pyridine rings is 1. The van der Waals surface area contributed by atoms with E-state index in [1.165, 1.54) is 16.7 Å². The summed E-state index contributed by atoms with van der Waals surface area (Å²) >= 11 is 0. The summed E-state index contributed by atoms with van der Waals surface area (Å²) in [5.41, 5.74) is 2.61. The largest absolute Gasteiger partial charge is 0.387 e. The normalized spacial score (nSPS) is 16.3. The first-order valence-electron chi connectivity index (χ1n) is 10.1. The molecule has 1 saturated heterocycles. The van der Waals surface area contributed by atoms with Crippen molar-refractivity contribution in [2.24, 2.45) is 7.05 Å². The minimum atomic E-state index is -0.534. The molecule has 0 bridgehead atoms. The minimum absolute atomic E-state index is 0.00898. The first-order valence-corrected chi connectivity index (χ1v) is 10.1. The molecule has 1 amide bonds. The van der Waals surface area contributed by atoms with Crippen LogP contribution in [0.4, 0.5) is 10.1 Å². The molecule has 0 radical (unpaired) electrons.